The van der Waals surface area contributed by atoms with Crippen LogP contribution in [0.25, 0.3) is 0 Å². The van der Waals surface area contributed by atoms with Crippen LogP contribution in [0, 0.1) is 11.8 Å². The van der Waals surface area contributed by atoms with Crippen molar-refractivity contribution in [1.29, 1.82) is 0 Å². The molecule has 0 unspecified atom stereocenters. The third-order valence-corrected chi connectivity index (χ3v) is 2.70. The summed E-state index contributed by atoms with van der Waals surface area (Å²) in [5.74, 6) is -1.67. The Bertz CT molecular complexity index is 293. The SMILES string of the molecule is CC(=O)OC[C@H]1CC=C(C)C[C@H]1C(=O)O. The van der Waals surface area contributed by atoms with Crippen molar-refractivity contribution in [3.05, 3.63) is 11.6 Å². The Kier molecular flexibility index (Phi) is 3.88. The number of rotatable bonds is 3. The molecule has 2 atom stereocenters. The third kappa shape index (κ3) is 3.38. The Morgan fingerprint density at radius 3 is 2.80 bits per heavy atom. The molecular formula is C11H16O4. The van der Waals surface area contributed by atoms with Gasteiger partial charge < -0.3 is 9.84 Å². The van der Waals surface area contributed by atoms with E-state index in [0.717, 1.165) is 5.57 Å². The van der Waals surface area contributed by atoms with E-state index in [1.807, 2.05) is 13.0 Å². The molecule has 0 saturated heterocycles. The lowest BCUT2D eigenvalue weighted by Crippen LogP contribution is -2.30. The molecule has 84 valence electrons. The first-order chi connectivity index (χ1) is 7.00. The van der Waals surface area contributed by atoms with Crippen LogP contribution in [0.2, 0.25) is 0 Å². The van der Waals surface area contributed by atoms with Gasteiger partial charge in [-0.25, -0.2) is 0 Å². The molecule has 1 aliphatic rings. The molecule has 0 radical (unpaired) electrons. The normalized spacial score (nSPS) is 25.6. The molecular weight excluding hydrogens is 196 g/mol. The summed E-state index contributed by atoms with van der Waals surface area (Å²) < 4.78 is 4.87. The number of allylic oxidation sites excluding steroid dienone is 2. The number of esters is 1. The molecule has 0 amide bonds. The van der Waals surface area contributed by atoms with Crippen molar-refractivity contribution in [2.75, 3.05) is 6.61 Å². The van der Waals surface area contributed by atoms with Gasteiger partial charge in [-0.05, 0) is 19.8 Å². The number of carbonyl (C=O) groups excluding carboxylic acids is 1. The summed E-state index contributed by atoms with van der Waals surface area (Å²) >= 11 is 0. The Hall–Kier alpha value is -1.32. The molecule has 15 heavy (non-hydrogen) atoms. The number of carboxylic acid groups (broad SMARTS) is 1. The van der Waals surface area contributed by atoms with Crippen LogP contribution in [0.15, 0.2) is 11.6 Å². The van der Waals surface area contributed by atoms with Gasteiger partial charge in [-0.15, -0.1) is 0 Å². The summed E-state index contributed by atoms with van der Waals surface area (Å²) in [6.45, 7) is 3.47. The molecule has 4 nitrogen and oxygen atoms in total. The molecule has 0 aromatic heterocycles. The van der Waals surface area contributed by atoms with Gasteiger partial charge in [-0.1, -0.05) is 11.6 Å². The van der Waals surface area contributed by atoms with E-state index in [2.05, 4.69) is 0 Å². The van der Waals surface area contributed by atoms with Gasteiger partial charge >= 0.3 is 11.9 Å². The number of aliphatic carboxylic acids is 1. The van der Waals surface area contributed by atoms with Crippen LogP contribution in [0.3, 0.4) is 0 Å². The van der Waals surface area contributed by atoms with Gasteiger partial charge in [0.15, 0.2) is 0 Å². The van der Waals surface area contributed by atoms with Crippen LogP contribution in [-0.2, 0) is 14.3 Å². The van der Waals surface area contributed by atoms with Gasteiger partial charge in [0.25, 0.3) is 0 Å². The van der Waals surface area contributed by atoms with Crippen molar-refractivity contribution < 1.29 is 19.4 Å². The first kappa shape index (κ1) is 11.8. The Labute approximate surface area is 88.9 Å². The molecule has 0 aromatic carbocycles. The second-order valence-electron chi connectivity index (χ2n) is 4.00. The summed E-state index contributed by atoms with van der Waals surface area (Å²) in [5.41, 5.74) is 1.10. The van der Waals surface area contributed by atoms with E-state index < -0.39 is 11.9 Å². The number of hydrogen-bond donors (Lipinski definition) is 1. The second-order valence-corrected chi connectivity index (χ2v) is 4.00. The molecule has 0 heterocycles. The minimum absolute atomic E-state index is 0.0879. The van der Waals surface area contributed by atoms with E-state index in [4.69, 9.17) is 9.84 Å². The van der Waals surface area contributed by atoms with Gasteiger partial charge in [-0.2, -0.15) is 0 Å². The molecule has 1 aliphatic carbocycles. The van der Waals surface area contributed by atoms with E-state index in [1.165, 1.54) is 6.92 Å². The van der Waals surface area contributed by atoms with Gasteiger partial charge in [0, 0.05) is 12.8 Å². The summed E-state index contributed by atoms with van der Waals surface area (Å²) in [6.07, 6.45) is 3.25. The van der Waals surface area contributed by atoms with Crippen molar-refractivity contribution in [3.8, 4) is 0 Å². The summed E-state index contributed by atoms with van der Waals surface area (Å²) in [7, 11) is 0. The Morgan fingerprint density at radius 1 is 1.60 bits per heavy atom. The number of carbonyl (C=O) groups is 2. The average molecular weight is 212 g/mol. The monoisotopic (exact) mass is 212 g/mol. The van der Waals surface area contributed by atoms with Crippen molar-refractivity contribution >= 4 is 11.9 Å². The topological polar surface area (TPSA) is 63.6 Å². The Balaban J connectivity index is 2.60. The lowest BCUT2D eigenvalue weighted by atomic mass is 9.80. The van der Waals surface area contributed by atoms with Gasteiger partial charge in [0.2, 0.25) is 0 Å². The zero-order valence-electron chi connectivity index (χ0n) is 9.03. The zero-order valence-corrected chi connectivity index (χ0v) is 9.03. The van der Waals surface area contributed by atoms with E-state index >= 15 is 0 Å². The molecule has 0 aromatic rings. The predicted molar refractivity (Wildman–Crippen MR) is 54.2 cm³/mol. The lowest BCUT2D eigenvalue weighted by Gasteiger charge is -2.26. The maximum absolute atomic E-state index is 11.0. The summed E-state index contributed by atoms with van der Waals surface area (Å²) in [4.78, 5) is 21.6. The third-order valence-electron chi connectivity index (χ3n) is 2.70. The highest BCUT2D eigenvalue weighted by molar-refractivity contribution is 5.71. The maximum Gasteiger partial charge on any atom is 0.307 e. The van der Waals surface area contributed by atoms with E-state index in [0.29, 0.717) is 12.8 Å². The minimum atomic E-state index is -0.806. The summed E-state index contributed by atoms with van der Waals surface area (Å²) in [6, 6.07) is 0. The average Bonchev–Trinajstić information content (AvgIpc) is 2.15. The quantitative estimate of drug-likeness (QED) is 0.570. The molecule has 0 bridgehead atoms. The second kappa shape index (κ2) is 4.96. The fraction of sp³-hybridized carbons (Fsp3) is 0.636. The van der Waals surface area contributed by atoms with Crippen molar-refractivity contribution in [2.45, 2.75) is 26.7 Å². The predicted octanol–water partition coefficient (Wildman–Crippen LogP) is 1.61. The molecule has 0 spiro atoms. The van der Waals surface area contributed by atoms with Crippen molar-refractivity contribution in [2.24, 2.45) is 11.8 Å². The van der Waals surface area contributed by atoms with Crippen molar-refractivity contribution in [3.63, 3.8) is 0 Å². The van der Waals surface area contributed by atoms with Crippen molar-refractivity contribution in [1.82, 2.24) is 0 Å². The molecule has 0 saturated carbocycles. The molecule has 0 fully saturated rings. The van der Waals surface area contributed by atoms with Crippen LogP contribution in [-0.4, -0.2) is 23.7 Å². The van der Waals surface area contributed by atoms with Gasteiger partial charge in [-0.3, -0.25) is 9.59 Å². The number of ether oxygens (including phenoxy) is 1. The molecule has 4 heteroatoms. The van der Waals surface area contributed by atoms with Gasteiger partial charge in [0.1, 0.15) is 0 Å². The first-order valence-electron chi connectivity index (χ1n) is 5.02. The van der Waals surface area contributed by atoms with E-state index in [1.54, 1.807) is 0 Å². The molecule has 1 rings (SSSR count). The standard InChI is InChI=1S/C11H16O4/c1-7-3-4-9(6-15-8(2)12)10(5-7)11(13)14/h3,9-10H,4-6H2,1-2H3,(H,13,14)/t9-,10-/m1/s1. The van der Waals surface area contributed by atoms with Crippen LogP contribution in [0.1, 0.15) is 26.7 Å². The summed E-state index contributed by atoms with van der Waals surface area (Å²) in [5, 5.41) is 9.02. The first-order valence-corrected chi connectivity index (χ1v) is 5.02. The van der Waals surface area contributed by atoms with Gasteiger partial charge in [0.05, 0.1) is 12.5 Å². The zero-order chi connectivity index (χ0) is 11.4. The smallest absolute Gasteiger partial charge is 0.307 e. The van der Waals surface area contributed by atoms with Crippen LogP contribution >= 0.6 is 0 Å². The fourth-order valence-corrected chi connectivity index (χ4v) is 1.81. The Morgan fingerprint density at radius 2 is 2.27 bits per heavy atom. The highest BCUT2D eigenvalue weighted by atomic mass is 16.5. The number of carboxylic acids is 1. The van der Waals surface area contributed by atoms with Crippen LogP contribution in [0.5, 0.6) is 0 Å². The number of hydrogen-bond acceptors (Lipinski definition) is 3. The minimum Gasteiger partial charge on any atom is -0.481 e. The largest absolute Gasteiger partial charge is 0.481 e. The highest BCUT2D eigenvalue weighted by Gasteiger charge is 2.31. The molecule has 1 N–H and O–H groups in total. The van der Waals surface area contributed by atoms with E-state index in [9.17, 15) is 9.59 Å². The lowest BCUT2D eigenvalue weighted by molar-refractivity contribution is -0.150. The maximum atomic E-state index is 11.0. The van der Waals surface area contributed by atoms with Crippen LogP contribution < -0.4 is 0 Å². The van der Waals surface area contributed by atoms with E-state index in [-0.39, 0.29) is 18.5 Å². The molecule has 0 aliphatic heterocycles. The highest BCUT2D eigenvalue weighted by Crippen LogP contribution is 2.30. The van der Waals surface area contributed by atoms with Crippen LogP contribution in [0.4, 0.5) is 0 Å². The fourth-order valence-electron chi connectivity index (χ4n) is 1.81.